The summed E-state index contributed by atoms with van der Waals surface area (Å²) in [6.07, 6.45) is 1.41. The number of hydrogen-bond donors (Lipinski definition) is 0. The van der Waals surface area contributed by atoms with E-state index in [-0.39, 0.29) is 22.9 Å². The summed E-state index contributed by atoms with van der Waals surface area (Å²) in [6.45, 7) is 7.60. The van der Waals surface area contributed by atoms with Gasteiger partial charge in [-0.3, -0.25) is 4.79 Å². The van der Waals surface area contributed by atoms with Crippen LogP contribution in [0.4, 0.5) is 4.79 Å². The molecule has 0 aliphatic carbocycles. The Kier molecular flexibility index (Phi) is 4.08. The van der Waals surface area contributed by atoms with Crippen molar-refractivity contribution in [2.75, 3.05) is 19.6 Å². The average Bonchev–Trinajstić information content (AvgIpc) is 2.85. The first-order chi connectivity index (χ1) is 8.78. The second-order valence-electron chi connectivity index (χ2n) is 6.16. The number of nitrogens with zero attached hydrogens (tertiary/aromatic N) is 2. The van der Waals surface area contributed by atoms with Crippen molar-refractivity contribution in [2.24, 2.45) is 0 Å². The number of alkyl halides is 1. The molecule has 2 aliphatic heterocycles. The number of carbonyl (C=O) groups excluding carboxylic acids is 2. The molecule has 0 spiro atoms. The predicted molar refractivity (Wildman–Crippen MR) is 75.3 cm³/mol. The van der Waals surface area contributed by atoms with E-state index in [9.17, 15) is 9.59 Å². The molecule has 5 nitrogen and oxygen atoms in total. The van der Waals surface area contributed by atoms with E-state index in [2.05, 4.69) is 15.9 Å². The summed E-state index contributed by atoms with van der Waals surface area (Å²) in [6, 6.07) is 0.141. The standard InChI is InChI=1S/C13H21BrN2O3/c1-13(2,3)19-12(18)15-6-4-9(8-15)16-7-5-10(14)11(16)17/h9-10H,4-8H2,1-3H3/t9-,10?/m1/s1. The van der Waals surface area contributed by atoms with Crippen molar-refractivity contribution in [3.8, 4) is 0 Å². The van der Waals surface area contributed by atoms with E-state index in [1.165, 1.54) is 0 Å². The van der Waals surface area contributed by atoms with Crippen LogP contribution in [0.15, 0.2) is 0 Å². The summed E-state index contributed by atoms with van der Waals surface area (Å²) in [5.41, 5.74) is -0.473. The maximum absolute atomic E-state index is 12.0. The fourth-order valence-corrected chi connectivity index (χ4v) is 2.98. The number of hydrogen-bond acceptors (Lipinski definition) is 3. The van der Waals surface area contributed by atoms with Crippen LogP contribution in [0.1, 0.15) is 33.6 Å². The lowest BCUT2D eigenvalue weighted by molar-refractivity contribution is -0.128. The molecule has 19 heavy (non-hydrogen) atoms. The zero-order valence-electron chi connectivity index (χ0n) is 11.7. The molecule has 6 heteroatoms. The number of carbonyl (C=O) groups is 2. The van der Waals surface area contributed by atoms with Crippen LogP contribution in [-0.4, -0.2) is 57.9 Å². The van der Waals surface area contributed by atoms with Gasteiger partial charge in [0.2, 0.25) is 5.91 Å². The van der Waals surface area contributed by atoms with E-state index in [1.54, 1.807) is 4.90 Å². The normalized spacial score (nSPS) is 28.1. The Morgan fingerprint density at radius 3 is 2.53 bits per heavy atom. The van der Waals surface area contributed by atoms with Gasteiger partial charge < -0.3 is 14.5 Å². The summed E-state index contributed by atoms with van der Waals surface area (Å²) in [5, 5.41) is 0. The Labute approximate surface area is 122 Å². The Bertz CT molecular complexity index is 381. The average molecular weight is 333 g/mol. The third-order valence-electron chi connectivity index (χ3n) is 3.43. The molecule has 2 saturated heterocycles. The zero-order valence-corrected chi connectivity index (χ0v) is 13.3. The summed E-state index contributed by atoms with van der Waals surface area (Å²) < 4.78 is 5.35. The molecule has 108 valence electrons. The van der Waals surface area contributed by atoms with Gasteiger partial charge in [0.25, 0.3) is 0 Å². The van der Waals surface area contributed by atoms with Crippen LogP contribution in [0.25, 0.3) is 0 Å². The Balaban J connectivity index is 1.90. The molecule has 0 aromatic heterocycles. The van der Waals surface area contributed by atoms with Crippen molar-refractivity contribution in [1.82, 2.24) is 9.80 Å². The summed E-state index contributed by atoms with van der Waals surface area (Å²) >= 11 is 3.38. The Morgan fingerprint density at radius 2 is 2.00 bits per heavy atom. The molecule has 2 aliphatic rings. The molecule has 2 amide bonds. The summed E-state index contributed by atoms with van der Waals surface area (Å²) in [4.78, 5) is 27.4. The second kappa shape index (κ2) is 5.31. The molecular weight excluding hydrogens is 312 g/mol. The first-order valence-corrected chi connectivity index (χ1v) is 7.62. The zero-order chi connectivity index (χ0) is 14.2. The van der Waals surface area contributed by atoms with E-state index < -0.39 is 5.60 Å². The summed E-state index contributed by atoms with van der Waals surface area (Å²) in [7, 11) is 0. The van der Waals surface area contributed by atoms with Gasteiger partial charge in [0.05, 0.1) is 10.9 Å². The molecule has 0 aromatic rings. The van der Waals surface area contributed by atoms with E-state index >= 15 is 0 Å². The van der Waals surface area contributed by atoms with Crippen molar-refractivity contribution in [1.29, 1.82) is 0 Å². The fraction of sp³-hybridized carbons (Fsp3) is 0.846. The lowest BCUT2D eigenvalue weighted by Gasteiger charge is -2.26. The monoisotopic (exact) mass is 332 g/mol. The Morgan fingerprint density at radius 1 is 1.32 bits per heavy atom. The minimum atomic E-state index is -0.473. The van der Waals surface area contributed by atoms with Gasteiger partial charge >= 0.3 is 6.09 Å². The Hall–Kier alpha value is -0.780. The predicted octanol–water partition coefficient (Wildman–Crippen LogP) is 1.99. The molecule has 2 heterocycles. The molecule has 2 atom stereocenters. The van der Waals surface area contributed by atoms with Gasteiger partial charge in [0.1, 0.15) is 5.60 Å². The number of rotatable bonds is 1. The number of ether oxygens (including phenoxy) is 1. The number of amides is 2. The van der Waals surface area contributed by atoms with Gasteiger partial charge in [-0.25, -0.2) is 4.79 Å². The van der Waals surface area contributed by atoms with Crippen LogP contribution >= 0.6 is 15.9 Å². The van der Waals surface area contributed by atoms with Gasteiger partial charge in [-0.1, -0.05) is 15.9 Å². The van der Waals surface area contributed by atoms with Crippen LogP contribution in [0.5, 0.6) is 0 Å². The minimum absolute atomic E-state index is 0.0527. The first-order valence-electron chi connectivity index (χ1n) is 6.70. The van der Waals surface area contributed by atoms with Crippen LogP contribution in [0.2, 0.25) is 0 Å². The number of halogens is 1. The van der Waals surface area contributed by atoms with E-state index in [0.717, 1.165) is 19.4 Å². The van der Waals surface area contributed by atoms with Gasteiger partial charge in [0, 0.05) is 19.6 Å². The smallest absolute Gasteiger partial charge is 0.410 e. The molecule has 0 bridgehead atoms. The lowest BCUT2D eigenvalue weighted by atomic mass is 10.2. The molecular formula is C13H21BrN2O3. The van der Waals surface area contributed by atoms with Gasteiger partial charge in [-0.15, -0.1) is 0 Å². The van der Waals surface area contributed by atoms with Gasteiger partial charge in [0.15, 0.2) is 0 Å². The van der Waals surface area contributed by atoms with Gasteiger partial charge in [-0.2, -0.15) is 0 Å². The highest BCUT2D eigenvalue weighted by Crippen LogP contribution is 2.26. The highest BCUT2D eigenvalue weighted by Gasteiger charge is 2.39. The van der Waals surface area contributed by atoms with Crippen molar-refractivity contribution in [2.45, 2.75) is 50.1 Å². The van der Waals surface area contributed by atoms with Crippen LogP contribution in [0.3, 0.4) is 0 Å². The molecule has 0 N–H and O–H groups in total. The van der Waals surface area contributed by atoms with E-state index in [4.69, 9.17) is 4.74 Å². The third kappa shape index (κ3) is 3.41. The van der Waals surface area contributed by atoms with Crippen LogP contribution in [0, 0.1) is 0 Å². The molecule has 2 rings (SSSR count). The lowest BCUT2D eigenvalue weighted by Crippen LogP contribution is -2.41. The molecule has 0 aromatic carbocycles. The molecule has 1 unspecified atom stereocenters. The van der Waals surface area contributed by atoms with Crippen molar-refractivity contribution in [3.05, 3.63) is 0 Å². The van der Waals surface area contributed by atoms with Crippen molar-refractivity contribution in [3.63, 3.8) is 0 Å². The van der Waals surface area contributed by atoms with Crippen LogP contribution < -0.4 is 0 Å². The quantitative estimate of drug-likeness (QED) is 0.690. The molecule has 0 saturated carbocycles. The van der Waals surface area contributed by atoms with Crippen molar-refractivity contribution >= 4 is 27.9 Å². The van der Waals surface area contributed by atoms with Crippen LogP contribution in [-0.2, 0) is 9.53 Å². The minimum Gasteiger partial charge on any atom is -0.444 e. The van der Waals surface area contributed by atoms with Crippen molar-refractivity contribution < 1.29 is 14.3 Å². The largest absolute Gasteiger partial charge is 0.444 e. The summed E-state index contributed by atoms with van der Waals surface area (Å²) in [5.74, 6) is 0.149. The molecule has 2 fully saturated rings. The fourth-order valence-electron chi connectivity index (χ4n) is 2.52. The second-order valence-corrected chi connectivity index (χ2v) is 7.26. The first kappa shape index (κ1) is 14.6. The highest BCUT2D eigenvalue weighted by atomic mass is 79.9. The third-order valence-corrected chi connectivity index (χ3v) is 4.28. The SMILES string of the molecule is CC(C)(C)OC(=O)N1CC[C@@H](N2CCC(Br)C2=O)C1. The van der Waals surface area contributed by atoms with E-state index in [0.29, 0.717) is 13.1 Å². The molecule has 0 radical (unpaired) electrons. The maximum Gasteiger partial charge on any atom is 0.410 e. The number of likely N-dealkylation sites (tertiary alicyclic amines) is 2. The van der Waals surface area contributed by atoms with Gasteiger partial charge in [-0.05, 0) is 33.6 Å². The topological polar surface area (TPSA) is 49.9 Å². The van der Waals surface area contributed by atoms with E-state index in [1.807, 2.05) is 25.7 Å². The highest BCUT2D eigenvalue weighted by molar-refractivity contribution is 9.10. The maximum atomic E-state index is 12.0.